The minimum Gasteiger partial charge on any atom is -0.393 e. The fourth-order valence-electron chi connectivity index (χ4n) is 4.82. The fraction of sp³-hybridized carbons (Fsp3) is 0.219. The average Bonchev–Trinajstić information content (AvgIpc) is 3.51. The Hall–Kier alpha value is -4.67. The number of aromatic amines is 1. The van der Waals surface area contributed by atoms with E-state index in [0.29, 0.717) is 28.8 Å². The molecule has 0 amide bonds. The van der Waals surface area contributed by atoms with Crippen LogP contribution < -0.4 is 10.2 Å². The van der Waals surface area contributed by atoms with E-state index in [1.165, 1.54) is 0 Å². The summed E-state index contributed by atoms with van der Waals surface area (Å²) in [5.74, 6) is 0.0394. The van der Waals surface area contributed by atoms with E-state index in [4.69, 9.17) is 0 Å². The molecule has 1 aliphatic heterocycles. The maximum absolute atomic E-state index is 12.9. The van der Waals surface area contributed by atoms with Gasteiger partial charge in [-0.15, -0.1) is 0 Å². The monoisotopic (exact) mass is 518 g/mol. The standard InChI is InChI=1S/C32H30N4O3/c33-20-26-17-23(19-32(39)25-11-14-34-21-25)3-10-30(26)35-27-6-1-22(2-7-27)18-31(38)24-4-8-28(9-5-24)36-15-12-29(37)13-16-36/h1-11,14,17,21,29,34-35,37H,12-13,15-16,18-19H2. The van der Waals surface area contributed by atoms with Crippen LogP contribution in [0.3, 0.4) is 0 Å². The molecule has 1 aliphatic rings. The molecule has 0 aliphatic carbocycles. The second kappa shape index (κ2) is 11.8. The van der Waals surface area contributed by atoms with Gasteiger partial charge in [-0.25, -0.2) is 0 Å². The van der Waals surface area contributed by atoms with E-state index >= 15 is 0 Å². The average molecular weight is 519 g/mol. The molecular formula is C32H30N4O3. The number of hydrogen-bond donors (Lipinski definition) is 3. The van der Waals surface area contributed by atoms with Crippen molar-refractivity contribution in [1.82, 2.24) is 4.98 Å². The van der Waals surface area contributed by atoms with Crippen LogP contribution in [0.2, 0.25) is 0 Å². The zero-order valence-corrected chi connectivity index (χ0v) is 21.6. The highest BCUT2D eigenvalue weighted by Crippen LogP contribution is 2.24. The van der Waals surface area contributed by atoms with E-state index in [9.17, 15) is 20.0 Å². The third kappa shape index (κ3) is 6.43. The number of ketones is 2. The first-order valence-corrected chi connectivity index (χ1v) is 13.1. The lowest BCUT2D eigenvalue weighted by Crippen LogP contribution is -2.35. The molecular weight excluding hydrogens is 488 g/mol. The first-order valence-electron chi connectivity index (χ1n) is 13.1. The van der Waals surface area contributed by atoms with Crippen LogP contribution in [0, 0.1) is 11.3 Å². The summed E-state index contributed by atoms with van der Waals surface area (Å²) in [6.45, 7) is 1.64. The number of aliphatic hydroxyl groups is 1. The predicted molar refractivity (Wildman–Crippen MR) is 152 cm³/mol. The predicted octanol–water partition coefficient (Wildman–Crippen LogP) is 5.44. The minimum absolute atomic E-state index is 0.00957. The number of anilines is 3. The smallest absolute Gasteiger partial charge is 0.168 e. The Morgan fingerprint density at radius 2 is 1.56 bits per heavy atom. The Bertz CT molecular complexity index is 1480. The normalized spacial score (nSPS) is 13.6. The van der Waals surface area contributed by atoms with E-state index in [-0.39, 0.29) is 24.1 Å². The molecule has 7 heteroatoms. The molecule has 3 aromatic carbocycles. The summed E-state index contributed by atoms with van der Waals surface area (Å²) in [6, 6.07) is 24.6. The molecule has 0 unspecified atom stereocenters. The zero-order chi connectivity index (χ0) is 27.2. The van der Waals surface area contributed by atoms with E-state index in [1.807, 2.05) is 60.7 Å². The summed E-state index contributed by atoms with van der Waals surface area (Å²) in [5, 5.41) is 22.6. The van der Waals surface area contributed by atoms with Gasteiger partial charge in [-0.05, 0) is 78.6 Å². The maximum Gasteiger partial charge on any atom is 0.168 e. The Kier molecular flexibility index (Phi) is 7.86. The molecule has 1 saturated heterocycles. The van der Waals surface area contributed by atoms with Gasteiger partial charge in [0.15, 0.2) is 11.6 Å². The van der Waals surface area contributed by atoms with Gasteiger partial charge < -0.3 is 20.3 Å². The van der Waals surface area contributed by atoms with Crippen LogP contribution in [0.15, 0.2) is 85.2 Å². The van der Waals surface area contributed by atoms with Gasteiger partial charge in [-0.3, -0.25) is 9.59 Å². The molecule has 3 N–H and O–H groups in total. The number of benzene rings is 3. The van der Waals surface area contributed by atoms with Crippen molar-refractivity contribution in [3.8, 4) is 6.07 Å². The van der Waals surface area contributed by atoms with E-state index in [2.05, 4.69) is 21.3 Å². The van der Waals surface area contributed by atoms with E-state index < -0.39 is 0 Å². The molecule has 2 heterocycles. The van der Waals surface area contributed by atoms with Crippen molar-refractivity contribution >= 4 is 28.6 Å². The number of rotatable bonds is 9. The number of carbonyl (C=O) groups excluding carboxylic acids is 2. The highest BCUT2D eigenvalue weighted by atomic mass is 16.3. The van der Waals surface area contributed by atoms with Gasteiger partial charge in [-0.1, -0.05) is 18.2 Å². The van der Waals surface area contributed by atoms with Crippen LogP contribution >= 0.6 is 0 Å². The van der Waals surface area contributed by atoms with Crippen LogP contribution in [0.1, 0.15) is 50.2 Å². The molecule has 196 valence electrons. The van der Waals surface area contributed by atoms with Crippen molar-refractivity contribution in [2.75, 3.05) is 23.3 Å². The summed E-state index contributed by atoms with van der Waals surface area (Å²) in [6.07, 6.45) is 5.22. The Balaban J connectivity index is 1.18. The van der Waals surface area contributed by atoms with Crippen LogP contribution in [-0.4, -0.2) is 40.9 Å². The lowest BCUT2D eigenvalue weighted by molar-refractivity contribution is 0.0985. The lowest BCUT2D eigenvalue weighted by Gasteiger charge is -2.31. The number of aliphatic hydroxyl groups excluding tert-OH is 1. The van der Waals surface area contributed by atoms with Crippen LogP contribution in [-0.2, 0) is 12.8 Å². The first kappa shape index (κ1) is 26.0. The SMILES string of the molecule is N#Cc1cc(CC(=O)c2cc[nH]c2)ccc1Nc1ccc(CC(=O)c2ccc(N3CCC(O)CC3)cc2)cc1. The van der Waals surface area contributed by atoms with Crippen LogP contribution in [0.25, 0.3) is 0 Å². The van der Waals surface area contributed by atoms with Crippen molar-refractivity contribution in [3.05, 3.63) is 113 Å². The number of piperidine rings is 1. The molecule has 0 radical (unpaired) electrons. The van der Waals surface area contributed by atoms with Gasteiger partial charge in [0.25, 0.3) is 0 Å². The molecule has 4 aromatic rings. The largest absolute Gasteiger partial charge is 0.393 e. The molecule has 1 aromatic heterocycles. The zero-order valence-electron chi connectivity index (χ0n) is 21.6. The Labute approximate surface area is 227 Å². The summed E-state index contributed by atoms with van der Waals surface area (Å²) in [7, 11) is 0. The van der Waals surface area contributed by atoms with Gasteiger partial charge in [-0.2, -0.15) is 5.26 Å². The van der Waals surface area contributed by atoms with Crippen molar-refractivity contribution in [2.24, 2.45) is 0 Å². The number of aromatic nitrogens is 1. The Morgan fingerprint density at radius 3 is 2.23 bits per heavy atom. The fourth-order valence-corrected chi connectivity index (χ4v) is 4.82. The van der Waals surface area contributed by atoms with Crippen molar-refractivity contribution < 1.29 is 14.7 Å². The minimum atomic E-state index is -0.213. The number of hydrogen-bond acceptors (Lipinski definition) is 6. The number of nitriles is 1. The van der Waals surface area contributed by atoms with Crippen LogP contribution in [0.4, 0.5) is 17.1 Å². The second-order valence-corrected chi connectivity index (χ2v) is 9.88. The third-order valence-corrected chi connectivity index (χ3v) is 7.11. The summed E-state index contributed by atoms with van der Waals surface area (Å²) < 4.78 is 0. The van der Waals surface area contributed by atoms with Gasteiger partial charge in [0.05, 0.1) is 17.4 Å². The van der Waals surface area contributed by atoms with Crippen LogP contribution in [0.5, 0.6) is 0 Å². The highest BCUT2D eigenvalue weighted by Gasteiger charge is 2.17. The van der Waals surface area contributed by atoms with E-state index in [1.54, 1.807) is 24.5 Å². The number of carbonyl (C=O) groups is 2. The molecule has 0 spiro atoms. The quantitative estimate of drug-likeness (QED) is 0.255. The van der Waals surface area contributed by atoms with Gasteiger partial charge in [0.1, 0.15) is 6.07 Å². The summed E-state index contributed by atoms with van der Waals surface area (Å²) in [4.78, 5) is 30.4. The number of nitrogens with zero attached hydrogens (tertiary/aromatic N) is 2. The molecule has 5 rings (SSSR count). The van der Waals surface area contributed by atoms with Crippen molar-refractivity contribution in [1.29, 1.82) is 5.26 Å². The summed E-state index contributed by atoms with van der Waals surface area (Å²) in [5.41, 5.74) is 5.96. The van der Waals surface area contributed by atoms with Crippen molar-refractivity contribution in [2.45, 2.75) is 31.8 Å². The second-order valence-electron chi connectivity index (χ2n) is 9.88. The summed E-state index contributed by atoms with van der Waals surface area (Å²) >= 11 is 0. The molecule has 0 saturated carbocycles. The number of nitrogens with one attached hydrogen (secondary N) is 2. The first-order chi connectivity index (χ1) is 19.0. The van der Waals surface area contributed by atoms with Gasteiger partial charge in [0.2, 0.25) is 0 Å². The lowest BCUT2D eigenvalue weighted by atomic mass is 10.0. The van der Waals surface area contributed by atoms with Crippen molar-refractivity contribution in [3.63, 3.8) is 0 Å². The molecule has 0 atom stereocenters. The molecule has 7 nitrogen and oxygen atoms in total. The maximum atomic E-state index is 12.9. The van der Waals surface area contributed by atoms with E-state index in [0.717, 1.165) is 48.4 Å². The molecule has 0 bridgehead atoms. The number of Topliss-reactive ketones (excluding diaryl/α,β-unsaturated/α-hetero) is 2. The van der Waals surface area contributed by atoms with Gasteiger partial charge >= 0.3 is 0 Å². The molecule has 39 heavy (non-hydrogen) atoms. The third-order valence-electron chi connectivity index (χ3n) is 7.11. The number of H-pyrrole nitrogens is 1. The highest BCUT2D eigenvalue weighted by molar-refractivity contribution is 5.98. The topological polar surface area (TPSA) is 109 Å². The Morgan fingerprint density at radius 1 is 0.897 bits per heavy atom. The molecule has 1 fully saturated rings. The van der Waals surface area contributed by atoms with Gasteiger partial charge in [0, 0.05) is 60.8 Å².